The second-order valence-corrected chi connectivity index (χ2v) is 31.4. The first-order valence-corrected chi connectivity index (χ1v) is 32.4. The van der Waals surface area contributed by atoms with Crippen molar-refractivity contribution in [2.45, 2.75) is 105 Å². The first-order chi connectivity index (χ1) is 31.2. The molecule has 8 aromatic rings. The van der Waals surface area contributed by atoms with E-state index in [1.54, 1.807) is 0 Å². The van der Waals surface area contributed by atoms with Gasteiger partial charge in [-0.3, -0.25) is 0 Å². The minimum absolute atomic E-state index is 0.212. The van der Waals surface area contributed by atoms with E-state index in [2.05, 4.69) is 343 Å². The fourth-order valence-corrected chi connectivity index (χ4v) is 22.5. The van der Waals surface area contributed by atoms with Crippen molar-refractivity contribution in [1.82, 2.24) is 16.9 Å². The summed E-state index contributed by atoms with van der Waals surface area (Å²) in [6.45, 7) is 27.0. The zero-order chi connectivity index (χ0) is 48.1. The van der Waals surface area contributed by atoms with Gasteiger partial charge in [-0.25, -0.2) is 0 Å². The molecule has 8 rings (SSSR count). The Bertz CT molecular complexity index is 2310. The molecule has 66 heavy (non-hydrogen) atoms. The van der Waals surface area contributed by atoms with Crippen molar-refractivity contribution in [3.63, 3.8) is 0 Å². The van der Waals surface area contributed by atoms with Crippen LogP contribution in [0.1, 0.15) is 83.1 Å². The summed E-state index contributed by atoms with van der Waals surface area (Å²) in [6.07, 6.45) is 7.36. The first-order valence-electron chi connectivity index (χ1n) is 22.6. The number of nitrogens with zero attached hydrogens (tertiary/aromatic N) is 4. The van der Waals surface area contributed by atoms with Crippen LogP contribution in [0.4, 0.5) is 0 Å². The summed E-state index contributed by atoms with van der Waals surface area (Å²) in [6, 6.07) is 64.7. The molecular weight excluding hydrogens is 1060 g/mol. The van der Waals surface area contributed by atoms with Gasteiger partial charge >= 0.3 is 196 Å². The van der Waals surface area contributed by atoms with Crippen LogP contribution in [-0.2, 0) is 58.1 Å². The van der Waals surface area contributed by atoms with Gasteiger partial charge in [0.1, 0.15) is 0 Å². The van der Waals surface area contributed by atoms with E-state index in [1.807, 2.05) is 0 Å². The monoisotopic (exact) mass is 1130 g/mol. The summed E-state index contributed by atoms with van der Waals surface area (Å²) in [5.74, 6) is 0. The smallest absolute Gasteiger partial charge is 0.0134 e. The van der Waals surface area contributed by atoms with Crippen LogP contribution < -0.4 is 31.8 Å². The predicted octanol–water partition coefficient (Wildman–Crippen LogP) is 11.7. The molecule has 2 aromatic heterocycles. The van der Waals surface area contributed by atoms with Gasteiger partial charge < -0.3 is 0 Å². The van der Waals surface area contributed by atoms with Crippen molar-refractivity contribution in [3.05, 3.63) is 207 Å². The van der Waals surface area contributed by atoms with Crippen molar-refractivity contribution in [2.75, 3.05) is 0 Å². The van der Waals surface area contributed by atoms with Gasteiger partial charge in [0, 0.05) is 0 Å². The second-order valence-electron chi connectivity index (χ2n) is 19.9. The Hall–Kier alpha value is -3.38. The molecule has 352 valence electrons. The SMILES string of the molecule is CC(C)(C)n1ccn(C(C)(C)C)[si]1=[Pd].CC(C)(C)n1ccn(C(C)(C)C)[si]1=[Pd].c1ccc(P(c2ccccc2)c2ccccc2)cc1.c1ccc(P(c2ccccc2)c2ccccc2)cc1. The summed E-state index contributed by atoms with van der Waals surface area (Å²) in [7, 11) is -0.892. The summed E-state index contributed by atoms with van der Waals surface area (Å²) >= 11 is 7.08. The summed E-state index contributed by atoms with van der Waals surface area (Å²) in [5, 5.41) is 8.39. The van der Waals surface area contributed by atoms with Gasteiger partial charge in [0.2, 0.25) is 0 Å². The van der Waals surface area contributed by atoms with Crippen molar-refractivity contribution < 1.29 is 36.0 Å². The van der Waals surface area contributed by atoms with Crippen LogP contribution in [0.5, 0.6) is 0 Å². The van der Waals surface area contributed by atoms with Crippen molar-refractivity contribution in [3.8, 4) is 0 Å². The molecule has 4 nitrogen and oxygen atoms in total. The maximum Gasteiger partial charge on any atom is -0.0134 e. The molecule has 0 aliphatic rings. The second kappa shape index (κ2) is 24.3. The van der Waals surface area contributed by atoms with Gasteiger partial charge in [0.05, 0.1) is 0 Å². The van der Waals surface area contributed by atoms with E-state index in [1.165, 1.54) is 31.8 Å². The van der Waals surface area contributed by atoms with Gasteiger partial charge in [-0.05, 0) is 47.7 Å². The molecule has 6 aromatic carbocycles. The van der Waals surface area contributed by atoms with E-state index in [0.29, 0.717) is 0 Å². The molecule has 0 aliphatic heterocycles. The number of aromatic nitrogens is 4. The quantitative estimate of drug-likeness (QED) is 0.117. The molecule has 2 heterocycles. The number of benzene rings is 6. The molecule has 0 saturated heterocycles. The average molecular weight is 1130 g/mol. The molecule has 0 fully saturated rings. The summed E-state index contributed by atoms with van der Waals surface area (Å²) in [5.41, 5.74) is 0.848. The van der Waals surface area contributed by atoms with Crippen LogP contribution in [0.15, 0.2) is 207 Å². The third-order valence-electron chi connectivity index (χ3n) is 10.4. The Morgan fingerprint density at radius 2 is 0.409 bits per heavy atom. The van der Waals surface area contributed by atoms with Gasteiger partial charge in [-0.15, -0.1) is 0 Å². The standard InChI is InChI=1S/2C18H15P.2C10H20N2Si.2Pd/c2*1-4-10-16(11-5-1)19(17-12-6-2-7-13-17)18-14-8-3-9-15-18;2*1-9(2,3)11-7-8-12(13-11)10(4,5)6;;/h2*1-15H;2*7-8H,1-6H3;;. The first kappa shape index (κ1) is 53.6. The molecule has 0 saturated carbocycles. The number of rotatable bonds is 6. The Kier molecular flexibility index (Phi) is 19.7. The molecule has 0 radical (unpaired) electrons. The number of hydrogen-bond donors (Lipinski definition) is 0. The summed E-state index contributed by atoms with van der Waals surface area (Å²) < 4.78 is 9.74. The van der Waals surface area contributed by atoms with E-state index in [9.17, 15) is 0 Å². The van der Waals surface area contributed by atoms with E-state index in [0.717, 1.165) is 0 Å². The zero-order valence-electron chi connectivity index (χ0n) is 40.9. The van der Waals surface area contributed by atoms with E-state index in [-0.39, 0.29) is 22.2 Å². The minimum atomic E-state index is -0.743. The van der Waals surface area contributed by atoms with Gasteiger partial charge in [0.25, 0.3) is 0 Å². The van der Waals surface area contributed by atoms with Gasteiger partial charge in [-0.1, -0.05) is 182 Å². The molecule has 0 unspecified atom stereocenters. The Morgan fingerprint density at radius 1 is 0.273 bits per heavy atom. The predicted molar refractivity (Wildman–Crippen MR) is 287 cm³/mol. The molecule has 0 spiro atoms. The Balaban J connectivity index is 0.000000167. The third-order valence-corrected chi connectivity index (χ3v) is 24.6. The normalized spacial score (nSPS) is 11.8. The van der Waals surface area contributed by atoms with Crippen LogP contribution in [-0.4, -0.2) is 29.6 Å². The summed E-state index contributed by atoms with van der Waals surface area (Å²) in [4.78, 5) is 0. The average Bonchev–Trinajstić information content (AvgIpc) is 3.91. The van der Waals surface area contributed by atoms with Crippen LogP contribution in [0, 0.1) is 0 Å². The Labute approximate surface area is 421 Å². The van der Waals surface area contributed by atoms with Crippen molar-refractivity contribution >= 4 is 60.3 Å². The van der Waals surface area contributed by atoms with Crippen LogP contribution in [0.25, 0.3) is 0 Å². The maximum atomic E-state index is 3.54. The molecule has 0 atom stereocenters. The fourth-order valence-electron chi connectivity index (χ4n) is 7.00. The zero-order valence-corrected chi connectivity index (χ0v) is 47.8. The molecule has 0 amide bonds. The van der Waals surface area contributed by atoms with Crippen LogP contribution >= 0.6 is 15.8 Å². The fraction of sp³-hybridized carbons (Fsp3) is 0.286. The van der Waals surface area contributed by atoms with Crippen LogP contribution in [0.3, 0.4) is 0 Å². The topological polar surface area (TPSA) is 19.7 Å². The third kappa shape index (κ3) is 15.3. The van der Waals surface area contributed by atoms with Crippen molar-refractivity contribution in [1.29, 1.82) is 0 Å². The van der Waals surface area contributed by atoms with E-state index < -0.39 is 28.5 Å². The number of hydrogen-bond acceptors (Lipinski definition) is 0. The van der Waals surface area contributed by atoms with Gasteiger partial charge in [0.15, 0.2) is 0 Å². The van der Waals surface area contributed by atoms with E-state index >= 15 is 0 Å². The molecule has 10 heteroatoms. The Morgan fingerprint density at radius 3 is 0.515 bits per heavy atom. The van der Waals surface area contributed by atoms with E-state index in [4.69, 9.17) is 0 Å². The largest absolute Gasteiger partial charge is 0.0622 e. The maximum absolute atomic E-state index is 3.54. The molecule has 0 aliphatic carbocycles. The van der Waals surface area contributed by atoms with Crippen LogP contribution in [0.2, 0.25) is 0 Å². The van der Waals surface area contributed by atoms with Crippen molar-refractivity contribution in [2.24, 2.45) is 0 Å². The molecule has 0 bridgehead atoms. The molecule has 0 N–H and O–H groups in total. The molecular formula is C56H70N4P2Pd2Si2. The minimum Gasteiger partial charge on any atom is -0.0622 e. The van der Waals surface area contributed by atoms with Gasteiger partial charge in [-0.2, -0.15) is 0 Å².